The van der Waals surface area contributed by atoms with Gasteiger partial charge in [0, 0.05) is 5.54 Å². The zero-order valence-corrected chi connectivity index (χ0v) is 9.26. The lowest BCUT2D eigenvalue weighted by Crippen LogP contribution is -2.36. The number of amides is 1. The molecule has 0 saturated carbocycles. The summed E-state index contributed by atoms with van der Waals surface area (Å²) in [6.45, 7) is 7.90. The summed E-state index contributed by atoms with van der Waals surface area (Å²) < 4.78 is 4.62. The molecule has 84 valence electrons. The van der Waals surface area contributed by atoms with Crippen LogP contribution in [0.5, 0.6) is 0 Å². The minimum absolute atomic E-state index is 0.0486. The largest absolute Gasteiger partial charge is 0.447 e. The molecule has 0 spiro atoms. The summed E-state index contributed by atoms with van der Waals surface area (Å²) in [7, 11) is 0. The smallest absolute Gasteiger partial charge is 0.407 e. The SMILES string of the molecule is CC(C)(N)CO.CC1(C)COC(=O)N1. The monoisotopic (exact) mass is 204 g/mol. The molecular weight excluding hydrogens is 184 g/mol. The Balaban J connectivity index is 0.000000255. The molecule has 5 nitrogen and oxygen atoms in total. The van der Waals surface area contributed by atoms with E-state index in [1.54, 1.807) is 13.8 Å². The molecule has 14 heavy (non-hydrogen) atoms. The standard InChI is InChI=1S/C5H9NO2.C4H11NO/c1-5(2)3-8-4(7)6-5;1-4(2,5)3-6/h3H2,1-2H3,(H,6,7);6H,3,5H2,1-2H3. The van der Waals surface area contributed by atoms with Crippen molar-refractivity contribution in [3.8, 4) is 0 Å². The molecule has 1 saturated heterocycles. The van der Waals surface area contributed by atoms with Gasteiger partial charge in [-0.25, -0.2) is 4.79 Å². The molecule has 0 unspecified atom stereocenters. The van der Waals surface area contributed by atoms with Gasteiger partial charge in [-0.3, -0.25) is 0 Å². The summed E-state index contributed by atoms with van der Waals surface area (Å²) in [4.78, 5) is 10.3. The average Bonchev–Trinajstić information content (AvgIpc) is 2.29. The fourth-order valence-corrected chi connectivity index (χ4v) is 0.594. The van der Waals surface area contributed by atoms with Crippen molar-refractivity contribution in [1.82, 2.24) is 5.32 Å². The van der Waals surface area contributed by atoms with Crippen molar-refractivity contribution in [2.75, 3.05) is 13.2 Å². The second kappa shape index (κ2) is 4.61. The Bertz CT molecular complexity index is 197. The molecule has 0 atom stereocenters. The fraction of sp³-hybridized carbons (Fsp3) is 0.889. The molecule has 1 aliphatic heterocycles. The van der Waals surface area contributed by atoms with Gasteiger partial charge in [-0.1, -0.05) is 0 Å². The van der Waals surface area contributed by atoms with Gasteiger partial charge in [-0.05, 0) is 27.7 Å². The predicted molar refractivity (Wildman–Crippen MR) is 53.9 cm³/mol. The summed E-state index contributed by atoms with van der Waals surface area (Å²) in [5.41, 5.74) is 4.73. The number of cyclic esters (lactones) is 1. The maximum Gasteiger partial charge on any atom is 0.407 e. The minimum Gasteiger partial charge on any atom is -0.447 e. The lowest BCUT2D eigenvalue weighted by molar-refractivity contribution is 0.174. The average molecular weight is 204 g/mol. The number of ether oxygens (including phenoxy) is 1. The number of hydrogen-bond donors (Lipinski definition) is 3. The van der Waals surface area contributed by atoms with E-state index in [1.165, 1.54) is 0 Å². The first kappa shape index (κ1) is 13.2. The number of carbonyl (C=O) groups is 1. The van der Waals surface area contributed by atoms with Crippen LogP contribution in [-0.4, -0.2) is 35.5 Å². The molecule has 4 N–H and O–H groups in total. The quantitative estimate of drug-likeness (QED) is 0.570. The van der Waals surface area contributed by atoms with E-state index < -0.39 is 5.54 Å². The number of alkyl carbamates (subject to hydrolysis) is 1. The zero-order chi connectivity index (χ0) is 11.4. The third-order valence-electron chi connectivity index (χ3n) is 1.41. The first-order chi connectivity index (χ1) is 6.16. The second-order valence-corrected chi connectivity index (χ2v) is 4.73. The maximum absolute atomic E-state index is 10.3. The van der Waals surface area contributed by atoms with E-state index in [1.807, 2.05) is 13.8 Å². The molecule has 1 amide bonds. The van der Waals surface area contributed by atoms with Crippen LogP contribution in [0.4, 0.5) is 4.79 Å². The molecule has 1 heterocycles. The molecule has 0 bridgehead atoms. The summed E-state index contributed by atoms with van der Waals surface area (Å²) in [5.74, 6) is 0. The number of nitrogens with two attached hydrogens (primary N) is 1. The van der Waals surface area contributed by atoms with Crippen LogP contribution < -0.4 is 11.1 Å². The topological polar surface area (TPSA) is 84.6 Å². The highest BCUT2D eigenvalue weighted by molar-refractivity contribution is 5.70. The van der Waals surface area contributed by atoms with Crippen molar-refractivity contribution in [1.29, 1.82) is 0 Å². The molecule has 0 aromatic carbocycles. The minimum atomic E-state index is -0.403. The zero-order valence-electron chi connectivity index (χ0n) is 9.26. The third-order valence-corrected chi connectivity index (χ3v) is 1.41. The molecule has 0 radical (unpaired) electrons. The van der Waals surface area contributed by atoms with Crippen LogP contribution >= 0.6 is 0 Å². The molecule has 0 aromatic heterocycles. The normalized spacial score (nSPS) is 19.1. The van der Waals surface area contributed by atoms with Gasteiger partial charge in [0.25, 0.3) is 0 Å². The maximum atomic E-state index is 10.3. The van der Waals surface area contributed by atoms with Crippen LogP contribution in [0.2, 0.25) is 0 Å². The van der Waals surface area contributed by atoms with E-state index in [9.17, 15) is 4.79 Å². The Hall–Kier alpha value is -0.810. The van der Waals surface area contributed by atoms with Crippen molar-refractivity contribution in [2.24, 2.45) is 5.73 Å². The summed E-state index contributed by atoms with van der Waals surface area (Å²) in [6.07, 6.45) is -0.310. The van der Waals surface area contributed by atoms with Gasteiger partial charge in [0.15, 0.2) is 0 Å². The highest BCUT2D eigenvalue weighted by Gasteiger charge is 2.29. The van der Waals surface area contributed by atoms with Crippen LogP contribution in [0.25, 0.3) is 0 Å². The summed E-state index contributed by atoms with van der Waals surface area (Å²) in [6, 6.07) is 0. The van der Waals surface area contributed by atoms with E-state index in [2.05, 4.69) is 10.1 Å². The molecule has 5 heteroatoms. The van der Waals surface area contributed by atoms with Crippen molar-refractivity contribution in [2.45, 2.75) is 38.8 Å². The van der Waals surface area contributed by atoms with Gasteiger partial charge in [0.1, 0.15) is 6.61 Å². The first-order valence-corrected chi connectivity index (χ1v) is 4.51. The van der Waals surface area contributed by atoms with Gasteiger partial charge >= 0.3 is 6.09 Å². The molecule has 1 aliphatic rings. The molecule has 0 aliphatic carbocycles. The second-order valence-electron chi connectivity index (χ2n) is 4.73. The number of carbonyl (C=O) groups excluding carboxylic acids is 1. The predicted octanol–water partition coefficient (Wildman–Crippen LogP) is 0.221. The number of aliphatic hydroxyl groups excluding tert-OH is 1. The Morgan fingerprint density at radius 3 is 2.14 bits per heavy atom. The van der Waals surface area contributed by atoms with Gasteiger partial charge in [0.05, 0.1) is 12.1 Å². The van der Waals surface area contributed by atoms with Gasteiger partial charge < -0.3 is 20.9 Å². The highest BCUT2D eigenvalue weighted by Crippen LogP contribution is 2.08. The van der Waals surface area contributed by atoms with E-state index in [0.29, 0.717) is 6.61 Å². The Morgan fingerprint density at radius 1 is 1.64 bits per heavy atom. The molecular formula is C9H20N2O3. The lowest BCUT2D eigenvalue weighted by Gasteiger charge is -2.12. The van der Waals surface area contributed by atoms with E-state index in [-0.39, 0.29) is 18.2 Å². The van der Waals surface area contributed by atoms with Crippen LogP contribution in [0, 0.1) is 0 Å². The van der Waals surface area contributed by atoms with E-state index >= 15 is 0 Å². The number of aliphatic hydroxyl groups is 1. The van der Waals surface area contributed by atoms with E-state index in [0.717, 1.165) is 0 Å². The number of rotatable bonds is 1. The van der Waals surface area contributed by atoms with Crippen LogP contribution in [0.15, 0.2) is 0 Å². The lowest BCUT2D eigenvalue weighted by atomic mass is 10.1. The number of nitrogens with one attached hydrogen (secondary N) is 1. The highest BCUT2D eigenvalue weighted by atomic mass is 16.6. The van der Waals surface area contributed by atoms with Crippen LogP contribution in [0.1, 0.15) is 27.7 Å². The van der Waals surface area contributed by atoms with Crippen LogP contribution in [-0.2, 0) is 4.74 Å². The third kappa shape index (κ3) is 6.68. The summed E-state index contributed by atoms with van der Waals surface area (Å²) >= 11 is 0. The summed E-state index contributed by atoms with van der Waals surface area (Å²) in [5, 5.41) is 10.9. The van der Waals surface area contributed by atoms with Crippen LogP contribution in [0.3, 0.4) is 0 Å². The fourth-order valence-electron chi connectivity index (χ4n) is 0.594. The Kier molecular flexibility index (Phi) is 4.35. The van der Waals surface area contributed by atoms with E-state index in [4.69, 9.17) is 10.8 Å². The van der Waals surface area contributed by atoms with Crippen molar-refractivity contribution < 1.29 is 14.6 Å². The van der Waals surface area contributed by atoms with Crippen molar-refractivity contribution in [3.05, 3.63) is 0 Å². The van der Waals surface area contributed by atoms with Gasteiger partial charge in [0.2, 0.25) is 0 Å². The molecule has 1 fully saturated rings. The van der Waals surface area contributed by atoms with Crippen molar-refractivity contribution >= 4 is 6.09 Å². The molecule has 0 aromatic rings. The van der Waals surface area contributed by atoms with Gasteiger partial charge in [-0.2, -0.15) is 0 Å². The van der Waals surface area contributed by atoms with Gasteiger partial charge in [-0.15, -0.1) is 0 Å². The van der Waals surface area contributed by atoms with Crippen molar-refractivity contribution in [3.63, 3.8) is 0 Å². The first-order valence-electron chi connectivity index (χ1n) is 4.51. The Morgan fingerprint density at radius 2 is 2.07 bits per heavy atom. The molecule has 1 rings (SSSR count). The Labute approximate surface area is 84.6 Å². The number of hydrogen-bond acceptors (Lipinski definition) is 4.